The van der Waals surface area contributed by atoms with Crippen molar-refractivity contribution in [3.05, 3.63) is 57.8 Å². The average Bonchev–Trinajstić information content (AvgIpc) is 3.28. The van der Waals surface area contributed by atoms with Crippen molar-refractivity contribution in [3.8, 4) is 5.69 Å². The minimum absolute atomic E-state index is 0.0950. The lowest BCUT2D eigenvalue weighted by Gasteiger charge is -2.24. The molecule has 3 aromatic rings. The number of aromatic nitrogens is 5. The fourth-order valence-corrected chi connectivity index (χ4v) is 2.97. The van der Waals surface area contributed by atoms with Crippen LogP contribution in [-0.4, -0.2) is 37.0 Å². The molecule has 0 aliphatic carbocycles. The first-order valence-electron chi connectivity index (χ1n) is 8.57. The second-order valence-electron chi connectivity index (χ2n) is 7.02. The summed E-state index contributed by atoms with van der Waals surface area (Å²) in [6.45, 7) is 3.82. The maximum absolute atomic E-state index is 13.1. The van der Waals surface area contributed by atoms with Gasteiger partial charge in [0.1, 0.15) is 11.2 Å². The van der Waals surface area contributed by atoms with Crippen LogP contribution in [0.4, 0.5) is 13.2 Å². The third-order valence-corrected chi connectivity index (χ3v) is 4.96. The molecular weight excluding hydrogens is 453 g/mol. The van der Waals surface area contributed by atoms with E-state index in [1.54, 1.807) is 10.9 Å². The topological polar surface area (TPSA) is 88.5 Å². The lowest BCUT2D eigenvalue weighted by molar-refractivity contribution is -0.182. The highest BCUT2D eigenvalue weighted by molar-refractivity contribution is 9.10. The zero-order valence-corrected chi connectivity index (χ0v) is 17.4. The van der Waals surface area contributed by atoms with Crippen LogP contribution < -0.4 is 5.32 Å². The molecule has 1 aromatic carbocycles. The van der Waals surface area contributed by atoms with E-state index < -0.39 is 17.5 Å². The fourth-order valence-electron chi connectivity index (χ4n) is 2.49. The Bertz CT molecular complexity index is 1040. The number of nitrogens with zero attached hydrogens (tertiary/aromatic N) is 4. The van der Waals surface area contributed by atoms with Crippen molar-refractivity contribution in [2.45, 2.75) is 38.9 Å². The minimum atomic E-state index is -4.49. The lowest BCUT2D eigenvalue weighted by Crippen LogP contribution is -2.37. The number of rotatable bonds is 5. The van der Waals surface area contributed by atoms with Gasteiger partial charge < -0.3 is 5.32 Å². The molecule has 0 unspecified atom stereocenters. The normalized spacial score (nSPS) is 12.2. The molecule has 0 fully saturated rings. The predicted octanol–water partition coefficient (Wildman–Crippen LogP) is 3.83. The van der Waals surface area contributed by atoms with Crippen LogP contribution in [0, 0.1) is 6.92 Å². The number of carbonyl (C=O) groups is 1. The molecule has 0 radical (unpaired) electrons. The number of aryl methyl sites for hydroxylation is 1. The Balaban J connectivity index is 1.67. The van der Waals surface area contributed by atoms with Gasteiger partial charge in [0.25, 0.3) is 5.91 Å². The Kier molecular flexibility index (Phi) is 5.52. The summed E-state index contributed by atoms with van der Waals surface area (Å²) >= 11 is 3.39. The second kappa shape index (κ2) is 7.62. The van der Waals surface area contributed by atoms with E-state index in [0.29, 0.717) is 5.56 Å². The number of benzene rings is 1. The van der Waals surface area contributed by atoms with E-state index in [1.807, 2.05) is 25.1 Å². The monoisotopic (exact) mass is 470 g/mol. The van der Waals surface area contributed by atoms with Crippen LogP contribution in [0.2, 0.25) is 0 Å². The van der Waals surface area contributed by atoms with Crippen LogP contribution in [-0.2, 0) is 12.0 Å². The maximum atomic E-state index is 13.1. The number of alkyl halides is 3. The van der Waals surface area contributed by atoms with Gasteiger partial charge in [-0.1, -0.05) is 15.9 Å². The second-order valence-corrected chi connectivity index (χ2v) is 7.93. The predicted molar refractivity (Wildman–Crippen MR) is 103 cm³/mol. The molecule has 2 aromatic heterocycles. The van der Waals surface area contributed by atoms with Gasteiger partial charge in [-0.05, 0) is 44.5 Å². The Morgan fingerprint density at radius 3 is 2.69 bits per heavy atom. The molecule has 2 heterocycles. The Hall–Kier alpha value is -2.69. The van der Waals surface area contributed by atoms with Crippen LogP contribution in [0.15, 0.2) is 35.1 Å². The minimum Gasteiger partial charge on any atom is -0.345 e. The third-order valence-electron chi connectivity index (χ3n) is 4.47. The molecule has 1 amide bonds. The third kappa shape index (κ3) is 4.34. The Morgan fingerprint density at radius 1 is 1.31 bits per heavy atom. The van der Waals surface area contributed by atoms with Gasteiger partial charge in [0.05, 0.1) is 24.0 Å². The zero-order valence-electron chi connectivity index (χ0n) is 15.8. The first-order valence-corrected chi connectivity index (χ1v) is 9.36. The highest BCUT2D eigenvalue weighted by Gasteiger charge is 2.51. The van der Waals surface area contributed by atoms with Crippen molar-refractivity contribution in [3.63, 3.8) is 0 Å². The van der Waals surface area contributed by atoms with E-state index >= 15 is 0 Å². The number of amides is 1. The first-order chi connectivity index (χ1) is 13.5. The zero-order chi connectivity index (χ0) is 21.4. The quantitative estimate of drug-likeness (QED) is 0.592. The maximum Gasteiger partial charge on any atom is 0.401 e. The van der Waals surface area contributed by atoms with Crippen LogP contribution >= 0.6 is 15.9 Å². The molecule has 0 saturated heterocycles. The molecular formula is C18H18BrF3N6O. The summed E-state index contributed by atoms with van der Waals surface area (Å²) in [6.07, 6.45) is -1.50. The number of H-pyrrole nitrogens is 1. The van der Waals surface area contributed by atoms with Gasteiger partial charge in [0.15, 0.2) is 5.82 Å². The summed E-state index contributed by atoms with van der Waals surface area (Å²) in [5.74, 6) is -0.686. The summed E-state index contributed by atoms with van der Waals surface area (Å²) in [5.41, 5.74) is -0.102. The van der Waals surface area contributed by atoms with Crippen molar-refractivity contribution >= 4 is 21.8 Å². The van der Waals surface area contributed by atoms with E-state index in [1.165, 1.54) is 6.20 Å². The highest BCUT2D eigenvalue weighted by Crippen LogP contribution is 2.38. The molecule has 154 valence electrons. The van der Waals surface area contributed by atoms with Gasteiger partial charge in [-0.3, -0.25) is 9.89 Å². The van der Waals surface area contributed by atoms with Crippen LogP contribution in [0.5, 0.6) is 0 Å². The molecule has 0 aliphatic rings. The number of hydrogen-bond acceptors (Lipinski definition) is 4. The van der Waals surface area contributed by atoms with E-state index in [0.717, 1.165) is 29.6 Å². The lowest BCUT2D eigenvalue weighted by atomic mass is 9.92. The van der Waals surface area contributed by atoms with Gasteiger partial charge in [-0.15, -0.1) is 0 Å². The smallest absolute Gasteiger partial charge is 0.345 e. The Labute approximate surface area is 172 Å². The molecule has 0 saturated carbocycles. The average molecular weight is 471 g/mol. The molecule has 0 bridgehead atoms. The number of halogens is 4. The number of nitrogens with one attached hydrogen (secondary N) is 2. The van der Waals surface area contributed by atoms with E-state index in [-0.39, 0.29) is 18.2 Å². The van der Waals surface area contributed by atoms with Gasteiger partial charge in [0, 0.05) is 10.7 Å². The summed E-state index contributed by atoms with van der Waals surface area (Å²) < 4.78 is 41.8. The highest BCUT2D eigenvalue weighted by atomic mass is 79.9. The molecule has 29 heavy (non-hydrogen) atoms. The van der Waals surface area contributed by atoms with Crippen LogP contribution in [0.3, 0.4) is 0 Å². The van der Waals surface area contributed by atoms with Crippen LogP contribution in [0.1, 0.15) is 41.4 Å². The van der Waals surface area contributed by atoms with Gasteiger partial charge in [-0.2, -0.15) is 23.4 Å². The summed E-state index contributed by atoms with van der Waals surface area (Å²) in [7, 11) is 0. The number of aromatic amines is 1. The SMILES string of the molecule is Cc1cc(Br)ccc1-n1cc(C(=O)NCc2nc(C(C)(C)C(F)(F)F)n[nH]2)cn1. The van der Waals surface area contributed by atoms with Gasteiger partial charge in [0.2, 0.25) is 0 Å². The fraction of sp³-hybridized carbons (Fsp3) is 0.333. The first kappa shape index (κ1) is 21.0. The number of hydrogen-bond donors (Lipinski definition) is 2. The molecule has 2 N–H and O–H groups in total. The summed E-state index contributed by atoms with van der Waals surface area (Å²) in [6, 6.07) is 5.67. The molecule has 11 heteroatoms. The van der Waals surface area contributed by atoms with Gasteiger partial charge in [-0.25, -0.2) is 9.67 Å². The number of carbonyl (C=O) groups excluding carboxylic acids is 1. The molecule has 7 nitrogen and oxygen atoms in total. The summed E-state index contributed by atoms with van der Waals surface area (Å²) in [5, 5.41) is 12.9. The van der Waals surface area contributed by atoms with Crippen molar-refractivity contribution < 1.29 is 18.0 Å². The molecule has 3 rings (SSSR count). The molecule has 0 aliphatic heterocycles. The van der Waals surface area contributed by atoms with E-state index in [4.69, 9.17) is 0 Å². The van der Waals surface area contributed by atoms with Crippen molar-refractivity contribution in [1.29, 1.82) is 0 Å². The standard InChI is InChI=1S/C18H18BrF3N6O/c1-10-6-12(19)4-5-13(10)28-9-11(7-24-28)15(29)23-8-14-25-16(27-26-14)17(2,3)18(20,21)22/h4-7,9H,8H2,1-3H3,(H,23,29)(H,25,26,27). The Morgan fingerprint density at radius 2 is 2.03 bits per heavy atom. The van der Waals surface area contributed by atoms with Gasteiger partial charge >= 0.3 is 6.18 Å². The van der Waals surface area contributed by atoms with E-state index in [2.05, 4.69) is 41.5 Å². The van der Waals surface area contributed by atoms with Crippen molar-refractivity contribution in [2.75, 3.05) is 0 Å². The van der Waals surface area contributed by atoms with E-state index in [9.17, 15) is 18.0 Å². The largest absolute Gasteiger partial charge is 0.401 e. The molecule has 0 atom stereocenters. The van der Waals surface area contributed by atoms with Crippen molar-refractivity contribution in [2.24, 2.45) is 0 Å². The molecule has 0 spiro atoms. The summed E-state index contributed by atoms with van der Waals surface area (Å²) in [4.78, 5) is 16.2. The van der Waals surface area contributed by atoms with Crippen LogP contribution in [0.25, 0.3) is 5.69 Å². The van der Waals surface area contributed by atoms with Crippen molar-refractivity contribution in [1.82, 2.24) is 30.3 Å².